The summed E-state index contributed by atoms with van der Waals surface area (Å²) in [6.07, 6.45) is 12.9. The number of piperidine rings is 1. The van der Waals surface area contributed by atoms with Crippen LogP contribution in [0.25, 0.3) is 0 Å². The van der Waals surface area contributed by atoms with E-state index in [1.54, 1.807) is 11.0 Å². The minimum Gasteiger partial charge on any atom is -0.472 e. The van der Waals surface area contributed by atoms with E-state index in [2.05, 4.69) is 11.4 Å². The molecule has 2 heterocycles. The van der Waals surface area contributed by atoms with Crippen LogP contribution in [0.15, 0.2) is 34.7 Å². The van der Waals surface area contributed by atoms with Crippen molar-refractivity contribution in [1.82, 2.24) is 10.2 Å². The van der Waals surface area contributed by atoms with Crippen LogP contribution in [-0.2, 0) is 4.79 Å². The van der Waals surface area contributed by atoms with Gasteiger partial charge in [0.15, 0.2) is 0 Å². The maximum Gasteiger partial charge on any atom is 0.257 e. The van der Waals surface area contributed by atoms with Crippen molar-refractivity contribution < 1.29 is 14.0 Å². The summed E-state index contributed by atoms with van der Waals surface area (Å²) in [5.41, 5.74) is 2.03. The van der Waals surface area contributed by atoms with E-state index < -0.39 is 0 Å². The second-order valence-corrected chi connectivity index (χ2v) is 6.75. The molecule has 0 bridgehead atoms. The molecule has 1 aliphatic carbocycles. The first-order valence-corrected chi connectivity index (χ1v) is 9.01. The molecule has 0 aromatic carbocycles. The molecular formula is C19H26N2O3. The van der Waals surface area contributed by atoms with Crippen molar-refractivity contribution in [3.8, 4) is 0 Å². The van der Waals surface area contributed by atoms with Crippen LogP contribution in [0, 0.1) is 5.92 Å². The van der Waals surface area contributed by atoms with Crippen molar-refractivity contribution in [3.05, 3.63) is 35.8 Å². The first-order chi connectivity index (χ1) is 11.7. The summed E-state index contributed by atoms with van der Waals surface area (Å²) in [6, 6.07) is 1.67. The smallest absolute Gasteiger partial charge is 0.257 e. The van der Waals surface area contributed by atoms with Crippen LogP contribution < -0.4 is 5.32 Å². The minimum absolute atomic E-state index is 0.0476. The van der Waals surface area contributed by atoms with Gasteiger partial charge in [0.1, 0.15) is 6.26 Å². The first kappa shape index (κ1) is 16.8. The van der Waals surface area contributed by atoms with Crippen LogP contribution >= 0.6 is 0 Å². The zero-order chi connectivity index (χ0) is 16.8. The normalized spacial score (nSPS) is 21.2. The Labute approximate surface area is 143 Å². The molecule has 1 atom stereocenters. The summed E-state index contributed by atoms with van der Waals surface area (Å²) < 4.78 is 4.98. The maximum atomic E-state index is 12.4. The summed E-state index contributed by atoms with van der Waals surface area (Å²) >= 11 is 0. The third-order valence-electron chi connectivity index (χ3n) is 4.98. The van der Waals surface area contributed by atoms with E-state index in [9.17, 15) is 9.59 Å². The molecule has 3 rings (SSSR count). The van der Waals surface area contributed by atoms with Gasteiger partial charge < -0.3 is 14.6 Å². The third-order valence-corrected chi connectivity index (χ3v) is 4.98. The molecule has 1 aromatic heterocycles. The van der Waals surface area contributed by atoms with Crippen LogP contribution in [0.5, 0.6) is 0 Å². The zero-order valence-corrected chi connectivity index (χ0v) is 14.1. The SMILES string of the molecule is O=C(NCCC1=CCCCC1)[C@@H]1CCCN(C(=O)c2ccoc2)C1. The van der Waals surface area contributed by atoms with Crippen molar-refractivity contribution in [2.24, 2.45) is 5.92 Å². The lowest BCUT2D eigenvalue weighted by molar-refractivity contribution is -0.126. The number of nitrogens with one attached hydrogen (secondary N) is 1. The molecule has 2 aliphatic rings. The molecule has 1 aromatic rings. The number of likely N-dealkylation sites (tertiary alicyclic amines) is 1. The molecule has 5 heteroatoms. The molecule has 0 unspecified atom stereocenters. The van der Waals surface area contributed by atoms with E-state index >= 15 is 0 Å². The first-order valence-electron chi connectivity index (χ1n) is 9.01. The average molecular weight is 330 g/mol. The fourth-order valence-electron chi connectivity index (χ4n) is 3.57. The van der Waals surface area contributed by atoms with E-state index in [4.69, 9.17) is 4.42 Å². The summed E-state index contributed by atoms with van der Waals surface area (Å²) in [5, 5.41) is 3.06. The van der Waals surface area contributed by atoms with Gasteiger partial charge in [0.05, 0.1) is 17.7 Å². The van der Waals surface area contributed by atoms with E-state index in [-0.39, 0.29) is 17.7 Å². The van der Waals surface area contributed by atoms with Gasteiger partial charge >= 0.3 is 0 Å². The Balaban J connectivity index is 1.46. The minimum atomic E-state index is -0.102. The van der Waals surface area contributed by atoms with Crippen LogP contribution in [0.4, 0.5) is 0 Å². The Kier molecular flexibility index (Phi) is 5.72. The predicted molar refractivity (Wildman–Crippen MR) is 91.5 cm³/mol. The van der Waals surface area contributed by atoms with Crippen molar-refractivity contribution in [1.29, 1.82) is 0 Å². The molecule has 1 fully saturated rings. The van der Waals surface area contributed by atoms with Gasteiger partial charge in [-0.25, -0.2) is 0 Å². The Morgan fingerprint density at radius 1 is 1.29 bits per heavy atom. The maximum absolute atomic E-state index is 12.4. The van der Waals surface area contributed by atoms with Crippen LogP contribution in [0.2, 0.25) is 0 Å². The number of allylic oxidation sites excluding steroid dienone is 1. The highest BCUT2D eigenvalue weighted by Crippen LogP contribution is 2.21. The molecule has 130 valence electrons. The Morgan fingerprint density at radius 3 is 2.96 bits per heavy atom. The van der Waals surface area contributed by atoms with Crippen molar-refractivity contribution >= 4 is 11.8 Å². The number of nitrogens with zero attached hydrogens (tertiary/aromatic N) is 1. The van der Waals surface area contributed by atoms with Crippen molar-refractivity contribution in [2.45, 2.75) is 44.9 Å². The van der Waals surface area contributed by atoms with Crippen LogP contribution in [0.3, 0.4) is 0 Å². The average Bonchev–Trinajstić information content (AvgIpc) is 3.16. The van der Waals surface area contributed by atoms with Crippen molar-refractivity contribution in [3.63, 3.8) is 0 Å². The number of hydrogen-bond acceptors (Lipinski definition) is 3. The summed E-state index contributed by atoms with van der Waals surface area (Å²) in [7, 11) is 0. The van der Waals surface area contributed by atoms with Gasteiger partial charge in [0.2, 0.25) is 5.91 Å². The summed E-state index contributed by atoms with van der Waals surface area (Å²) in [5.74, 6) is -0.0698. The van der Waals surface area contributed by atoms with Gasteiger partial charge in [0.25, 0.3) is 5.91 Å². The fraction of sp³-hybridized carbons (Fsp3) is 0.579. The van der Waals surface area contributed by atoms with E-state index in [1.807, 2.05) is 0 Å². The molecule has 1 aliphatic heterocycles. The van der Waals surface area contributed by atoms with Gasteiger partial charge in [-0.1, -0.05) is 11.6 Å². The lowest BCUT2D eigenvalue weighted by Crippen LogP contribution is -2.45. The highest BCUT2D eigenvalue weighted by molar-refractivity contribution is 5.94. The summed E-state index contributed by atoms with van der Waals surface area (Å²) in [6.45, 7) is 1.91. The lowest BCUT2D eigenvalue weighted by atomic mass is 9.95. The van der Waals surface area contributed by atoms with Gasteiger partial charge in [-0.05, 0) is 51.0 Å². The zero-order valence-electron chi connectivity index (χ0n) is 14.1. The molecule has 0 spiro atoms. The molecule has 5 nitrogen and oxygen atoms in total. The highest BCUT2D eigenvalue weighted by atomic mass is 16.3. The lowest BCUT2D eigenvalue weighted by Gasteiger charge is -2.31. The van der Waals surface area contributed by atoms with E-state index in [0.717, 1.165) is 19.3 Å². The van der Waals surface area contributed by atoms with Gasteiger partial charge in [-0.2, -0.15) is 0 Å². The number of carbonyl (C=O) groups excluding carboxylic acids is 2. The van der Waals surface area contributed by atoms with E-state index in [1.165, 1.54) is 43.8 Å². The Hall–Kier alpha value is -2.04. The third kappa shape index (κ3) is 4.28. The predicted octanol–water partition coefficient (Wildman–Crippen LogP) is 3.14. The van der Waals surface area contributed by atoms with Crippen LogP contribution in [0.1, 0.15) is 55.3 Å². The van der Waals surface area contributed by atoms with Gasteiger partial charge in [0, 0.05) is 19.6 Å². The second-order valence-electron chi connectivity index (χ2n) is 6.75. The van der Waals surface area contributed by atoms with Gasteiger partial charge in [-0.15, -0.1) is 0 Å². The number of carbonyl (C=O) groups is 2. The standard InChI is InChI=1S/C19H26N2O3/c22-18(20-10-8-15-5-2-1-3-6-15)16-7-4-11-21(13-16)19(23)17-9-12-24-14-17/h5,9,12,14,16H,1-4,6-8,10-11,13H2,(H,20,22)/t16-/m1/s1. The number of rotatable bonds is 5. The Bertz CT molecular complexity index is 592. The second kappa shape index (κ2) is 8.18. The van der Waals surface area contributed by atoms with Crippen molar-refractivity contribution in [2.75, 3.05) is 19.6 Å². The highest BCUT2D eigenvalue weighted by Gasteiger charge is 2.29. The fourth-order valence-corrected chi connectivity index (χ4v) is 3.57. The molecule has 24 heavy (non-hydrogen) atoms. The number of hydrogen-bond donors (Lipinski definition) is 1. The van der Waals surface area contributed by atoms with Crippen LogP contribution in [-0.4, -0.2) is 36.3 Å². The molecule has 0 radical (unpaired) electrons. The topological polar surface area (TPSA) is 62.6 Å². The molecule has 0 saturated carbocycles. The largest absolute Gasteiger partial charge is 0.472 e. The van der Waals surface area contributed by atoms with Gasteiger partial charge in [-0.3, -0.25) is 9.59 Å². The molecule has 1 saturated heterocycles. The number of amides is 2. The molecular weight excluding hydrogens is 304 g/mol. The Morgan fingerprint density at radius 2 is 2.21 bits per heavy atom. The monoisotopic (exact) mass is 330 g/mol. The molecule has 2 amide bonds. The number of furan rings is 1. The molecule has 1 N–H and O–H groups in total. The summed E-state index contributed by atoms with van der Waals surface area (Å²) in [4.78, 5) is 26.5. The quantitative estimate of drug-likeness (QED) is 0.844. The van der Waals surface area contributed by atoms with E-state index in [0.29, 0.717) is 25.2 Å².